The molecule has 0 heterocycles. The molecule has 2 atom stereocenters. The first kappa shape index (κ1) is 20.3. The highest BCUT2D eigenvalue weighted by Gasteiger charge is 2.18. The van der Waals surface area contributed by atoms with Crippen molar-refractivity contribution >= 4 is 18.3 Å². The smallest absolute Gasteiger partial charge is 0.224 e. The predicted molar refractivity (Wildman–Crippen MR) is 88.0 cm³/mol. The summed E-state index contributed by atoms with van der Waals surface area (Å²) in [6.45, 7) is 3.98. The molecule has 1 amide bonds. The lowest BCUT2D eigenvalue weighted by molar-refractivity contribution is -0.125. The number of carbonyl (C=O) groups is 1. The number of hydrogen-bond donors (Lipinski definition) is 2. The van der Waals surface area contributed by atoms with Gasteiger partial charge >= 0.3 is 0 Å². The molecule has 7 heteroatoms. The molecule has 0 aliphatic rings. The van der Waals surface area contributed by atoms with Crippen LogP contribution in [0.25, 0.3) is 0 Å². The summed E-state index contributed by atoms with van der Waals surface area (Å²) in [6, 6.07) is 3.42. The Hall–Kier alpha value is -1.66. The lowest BCUT2D eigenvalue weighted by Gasteiger charge is -2.17. The highest BCUT2D eigenvalue weighted by molar-refractivity contribution is 5.85. The van der Waals surface area contributed by atoms with Gasteiger partial charge in [-0.15, -0.1) is 12.4 Å². The van der Waals surface area contributed by atoms with Crippen LogP contribution >= 0.6 is 12.4 Å². The van der Waals surface area contributed by atoms with E-state index >= 15 is 0 Å². The van der Waals surface area contributed by atoms with Crippen LogP contribution in [-0.4, -0.2) is 33.3 Å². The van der Waals surface area contributed by atoms with Gasteiger partial charge in [-0.05, 0) is 24.6 Å². The van der Waals surface area contributed by atoms with Crippen molar-refractivity contribution in [2.45, 2.75) is 26.4 Å². The first-order chi connectivity index (χ1) is 9.94. The second-order valence-electron chi connectivity index (χ2n) is 4.90. The number of benzene rings is 1. The summed E-state index contributed by atoms with van der Waals surface area (Å²) in [7, 11) is 4.65. The van der Waals surface area contributed by atoms with Crippen LogP contribution in [0.3, 0.4) is 0 Å². The van der Waals surface area contributed by atoms with E-state index in [1.165, 1.54) is 0 Å². The molecule has 0 fully saturated rings. The molecule has 0 radical (unpaired) electrons. The highest BCUT2D eigenvalue weighted by atomic mass is 35.5. The fourth-order valence-electron chi connectivity index (χ4n) is 1.83. The first-order valence-electron chi connectivity index (χ1n) is 6.76. The zero-order valence-corrected chi connectivity index (χ0v) is 14.5. The Balaban J connectivity index is 0.00000441. The van der Waals surface area contributed by atoms with E-state index in [0.29, 0.717) is 23.8 Å². The Kier molecular flexibility index (Phi) is 8.67. The molecule has 0 aliphatic heterocycles. The van der Waals surface area contributed by atoms with Crippen molar-refractivity contribution in [3.8, 4) is 17.2 Å². The molecule has 6 nitrogen and oxygen atoms in total. The maximum Gasteiger partial charge on any atom is 0.224 e. The number of halogens is 1. The molecule has 0 bridgehead atoms. The summed E-state index contributed by atoms with van der Waals surface area (Å²) in [4.78, 5) is 11.9. The van der Waals surface area contributed by atoms with E-state index in [2.05, 4.69) is 5.32 Å². The molecule has 0 aromatic heterocycles. The Morgan fingerprint density at radius 1 is 1.14 bits per heavy atom. The molecule has 0 saturated carbocycles. The van der Waals surface area contributed by atoms with Gasteiger partial charge in [0, 0.05) is 18.5 Å². The molecule has 1 aromatic rings. The van der Waals surface area contributed by atoms with Crippen molar-refractivity contribution in [3.05, 3.63) is 17.7 Å². The number of nitrogens with one attached hydrogen (secondary N) is 1. The zero-order chi connectivity index (χ0) is 16.0. The van der Waals surface area contributed by atoms with Crippen LogP contribution in [-0.2, 0) is 11.3 Å². The minimum Gasteiger partial charge on any atom is -0.493 e. The fourth-order valence-corrected chi connectivity index (χ4v) is 1.83. The third-order valence-electron chi connectivity index (χ3n) is 3.39. The molecule has 2 unspecified atom stereocenters. The van der Waals surface area contributed by atoms with Crippen LogP contribution in [0.2, 0.25) is 0 Å². The fraction of sp³-hybridized carbons (Fsp3) is 0.533. The van der Waals surface area contributed by atoms with Gasteiger partial charge in [0.25, 0.3) is 0 Å². The minimum absolute atomic E-state index is 0. The molecule has 3 N–H and O–H groups in total. The number of hydrogen-bond acceptors (Lipinski definition) is 5. The second kappa shape index (κ2) is 9.38. The van der Waals surface area contributed by atoms with Crippen molar-refractivity contribution in [1.82, 2.24) is 5.32 Å². The van der Waals surface area contributed by atoms with Gasteiger partial charge in [-0.25, -0.2) is 0 Å². The van der Waals surface area contributed by atoms with Crippen LogP contribution < -0.4 is 25.3 Å². The van der Waals surface area contributed by atoms with Crippen LogP contribution in [0.15, 0.2) is 12.1 Å². The molecule has 0 aliphatic carbocycles. The standard InChI is InChI=1S/C15H24N2O4.ClH/c1-9(10(2)16)15(18)17-8-11-6-12(19-3)14(21-5)13(7-11)20-4;/h6-7,9-10H,8,16H2,1-5H3,(H,17,18);1H. The van der Waals surface area contributed by atoms with Crippen molar-refractivity contribution < 1.29 is 19.0 Å². The van der Waals surface area contributed by atoms with Crippen LogP contribution in [0.1, 0.15) is 19.4 Å². The van der Waals surface area contributed by atoms with Gasteiger partial charge in [0.15, 0.2) is 11.5 Å². The lowest BCUT2D eigenvalue weighted by Crippen LogP contribution is -2.38. The Labute approximate surface area is 137 Å². The Morgan fingerprint density at radius 2 is 1.64 bits per heavy atom. The van der Waals surface area contributed by atoms with E-state index in [1.807, 2.05) is 6.92 Å². The topological polar surface area (TPSA) is 82.8 Å². The summed E-state index contributed by atoms with van der Waals surface area (Å²) in [5, 5.41) is 2.85. The van der Waals surface area contributed by atoms with E-state index in [-0.39, 0.29) is 30.3 Å². The number of methoxy groups -OCH3 is 3. The highest BCUT2D eigenvalue weighted by Crippen LogP contribution is 2.38. The van der Waals surface area contributed by atoms with E-state index in [9.17, 15) is 4.79 Å². The van der Waals surface area contributed by atoms with E-state index in [1.54, 1.807) is 40.4 Å². The average molecular weight is 333 g/mol. The van der Waals surface area contributed by atoms with Gasteiger partial charge in [0.2, 0.25) is 11.7 Å². The van der Waals surface area contributed by atoms with Gasteiger partial charge in [-0.3, -0.25) is 4.79 Å². The number of carbonyl (C=O) groups excluding carboxylic acids is 1. The predicted octanol–water partition coefficient (Wildman–Crippen LogP) is 1.73. The number of rotatable bonds is 7. The third kappa shape index (κ3) is 4.96. The Bertz CT molecular complexity index is 469. The summed E-state index contributed by atoms with van der Waals surface area (Å²) in [6.07, 6.45) is 0. The zero-order valence-electron chi connectivity index (χ0n) is 13.6. The maximum atomic E-state index is 11.9. The molecular weight excluding hydrogens is 308 g/mol. The number of amides is 1. The third-order valence-corrected chi connectivity index (χ3v) is 3.39. The minimum atomic E-state index is -0.243. The average Bonchev–Trinajstić information content (AvgIpc) is 2.50. The van der Waals surface area contributed by atoms with Crippen molar-refractivity contribution in [2.24, 2.45) is 11.7 Å². The van der Waals surface area contributed by atoms with E-state index in [0.717, 1.165) is 5.56 Å². The van der Waals surface area contributed by atoms with Gasteiger partial charge in [0.1, 0.15) is 0 Å². The summed E-state index contributed by atoms with van der Waals surface area (Å²) in [5.74, 6) is 1.31. The quantitative estimate of drug-likeness (QED) is 0.794. The van der Waals surface area contributed by atoms with Crippen molar-refractivity contribution in [2.75, 3.05) is 21.3 Å². The van der Waals surface area contributed by atoms with Crippen LogP contribution in [0.5, 0.6) is 17.2 Å². The van der Waals surface area contributed by atoms with Crippen LogP contribution in [0.4, 0.5) is 0 Å². The van der Waals surface area contributed by atoms with Crippen molar-refractivity contribution in [1.29, 1.82) is 0 Å². The summed E-state index contributed by atoms with van der Waals surface area (Å²) in [5.41, 5.74) is 6.57. The van der Waals surface area contributed by atoms with Gasteiger partial charge in [-0.1, -0.05) is 6.92 Å². The van der Waals surface area contributed by atoms with E-state index < -0.39 is 0 Å². The van der Waals surface area contributed by atoms with Gasteiger partial charge in [0.05, 0.1) is 21.3 Å². The molecule has 1 rings (SSSR count). The normalized spacial score (nSPS) is 12.6. The van der Waals surface area contributed by atoms with Gasteiger partial charge in [-0.2, -0.15) is 0 Å². The SMILES string of the molecule is COc1cc(CNC(=O)C(C)C(C)N)cc(OC)c1OC.Cl. The largest absolute Gasteiger partial charge is 0.493 e. The summed E-state index contributed by atoms with van der Waals surface area (Å²) < 4.78 is 15.8. The second-order valence-corrected chi connectivity index (χ2v) is 4.90. The number of nitrogens with two attached hydrogens (primary N) is 1. The molecule has 126 valence electrons. The van der Waals surface area contributed by atoms with Gasteiger partial charge < -0.3 is 25.3 Å². The number of ether oxygens (including phenoxy) is 3. The first-order valence-corrected chi connectivity index (χ1v) is 6.76. The molecule has 0 spiro atoms. The van der Waals surface area contributed by atoms with Crippen molar-refractivity contribution in [3.63, 3.8) is 0 Å². The molecular formula is C15H25ClN2O4. The molecule has 22 heavy (non-hydrogen) atoms. The molecule has 1 aromatic carbocycles. The lowest BCUT2D eigenvalue weighted by atomic mass is 10.0. The maximum absolute atomic E-state index is 11.9. The summed E-state index contributed by atoms with van der Waals surface area (Å²) >= 11 is 0. The monoisotopic (exact) mass is 332 g/mol. The molecule has 0 saturated heterocycles. The van der Waals surface area contributed by atoms with Crippen LogP contribution in [0, 0.1) is 5.92 Å². The Morgan fingerprint density at radius 3 is 2.00 bits per heavy atom. The van der Waals surface area contributed by atoms with E-state index in [4.69, 9.17) is 19.9 Å².